The largest absolute Gasteiger partial charge is 0.399 e. The van der Waals surface area contributed by atoms with Crippen molar-refractivity contribution in [2.45, 2.75) is 10.5 Å². The summed E-state index contributed by atoms with van der Waals surface area (Å²) in [6, 6.07) is 9.17. The molecule has 0 aliphatic carbocycles. The van der Waals surface area contributed by atoms with Gasteiger partial charge in [0, 0.05) is 35.8 Å². The second-order valence-electron chi connectivity index (χ2n) is 6.93. The van der Waals surface area contributed by atoms with Gasteiger partial charge in [0.15, 0.2) is 9.84 Å². The normalized spacial score (nSPS) is 13.5. The van der Waals surface area contributed by atoms with Crippen molar-refractivity contribution in [1.82, 2.24) is 0 Å². The summed E-state index contributed by atoms with van der Waals surface area (Å²) in [5.41, 5.74) is 13.6. The van der Waals surface area contributed by atoms with Gasteiger partial charge in [-0.1, -0.05) is 0 Å². The van der Waals surface area contributed by atoms with Crippen LogP contribution < -0.4 is 22.1 Å². The molecular weight excluding hydrogens is 424 g/mol. The van der Waals surface area contributed by atoms with Crippen LogP contribution in [0.2, 0.25) is 0 Å². The highest BCUT2D eigenvalue weighted by Crippen LogP contribution is 2.40. The number of rotatable bonds is 12. The first kappa shape index (κ1) is 24.7. The van der Waals surface area contributed by atoms with Crippen LogP contribution in [0.5, 0.6) is 0 Å². The number of hydrogen-bond donors (Lipinski definition) is 8. The Bertz CT molecular complexity index is 899. The van der Waals surface area contributed by atoms with E-state index in [1.807, 2.05) is 0 Å². The average molecular weight is 455 g/mol. The summed E-state index contributed by atoms with van der Waals surface area (Å²) in [5, 5.41) is 41.4. The van der Waals surface area contributed by atoms with Crippen molar-refractivity contribution in [3.05, 3.63) is 47.5 Å². The zero-order chi connectivity index (χ0) is 23.0. The van der Waals surface area contributed by atoms with E-state index in [2.05, 4.69) is 10.6 Å². The van der Waals surface area contributed by atoms with Gasteiger partial charge in [-0.3, -0.25) is 0 Å². The molecule has 0 spiro atoms. The van der Waals surface area contributed by atoms with Crippen LogP contribution in [0.25, 0.3) is 0 Å². The van der Waals surface area contributed by atoms with Gasteiger partial charge in [-0.2, -0.15) is 0 Å². The van der Waals surface area contributed by atoms with E-state index in [1.54, 1.807) is 24.3 Å². The van der Waals surface area contributed by atoms with Gasteiger partial charge in [0.25, 0.3) is 0 Å². The molecule has 31 heavy (non-hydrogen) atoms. The fourth-order valence-electron chi connectivity index (χ4n) is 3.36. The number of hydrogen-bond acceptors (Lipinski definition) is 10. The van der Waals surface area contributed by atoms with Crippen LogP contribution in [0.1, 0.15) is 21.6 Å². The van der Waals surface area contributed by atoms with Gasteiger partial charge in [-0.25, -0.2) is 8.42 Å². The smallest absolute Gasteiger partial charge is 0.168 e. The Hall–Kier alpha value is -2.57. The number of sulfone groups is 1. The van der Waals surface area contributed by atoms with Crippen LogP contribution in [0, 0.1) is 0 Å². The lowest BCUT2D eigenvalue weighted by Crippen LogP contribution is -2.27. The standard InChI is InChI=1S/C20H30N4O6S/c21-13-1-3-17(23-5-7-25)15(9-13)19(11-27)31(29,30)20(12-28)16-10-14(22)2-4-18(16)24-6-8-26/h1-4,9-10,19-20,23-28H,5-8,11-12,21-22H2. The highest BCUT2D eigenvalue weighted by molar-refractivity contribution is 7.92. The Kier molecular flexibility index (Phi) is 8.89. The lowest BCUT2D eigenvalue weighted by Gasteiger charge is -2.26. The molecule has 2 rings (SSSR count). The number of aliphatic hydroxyl groups is 4. The van der Waals surface area contributed by atoms with Crippen molar-refractivity contribution in [1.29, 1.82) is 0 Å². The third-order valence-electron chi connectivity index (χ3n) is 4.82. The summed E-state index contributed by atoms with van der Waals surface area (Å²) in [6.07, 6.45) is 0. The van der Waals surface area contributed by atoms with Crippen LogP contribution in [0.15, 0.2) is 36.4 Å². The van der Waals surface area contributed by atoms with Crippen molar-refractivity contribution in [2.24, 2.45) is 0 Å². The predicted molar refractivity (Wildman–Crippen MR) is 121 cm³/mol. The molecule has 0 heterocycles. The van der Waals surface area contributed by atoms with E-state index in [0.717, 1.165) is 0 Å². The van der Waals surface area contributed by atoms with E-state index < -0.39 is 33.6 Å². The maximum absolute atomic E-state index is 13.6. The maximum atomic E-state index is 13.6. The minimum Gasteiger partial charge on any atom is -0.399 e. The Morgan fingerprint density at radius 2 is 1.13 bits per heavy atom. The summed E-state index contributed by atoms with van der Waals surface area (Å²) in [4.78, 5) is 0. The van der Waals surface area contributed by atoms with E-state index in [0.29, 0.717) is 22.7 Å². The summed E-state index contributed by atoms with van der Waals surface area (Å²) in [5.74, 6) is 0. The van der Waals surface area contributed by atoms with Crippen molar-refractivity contribution in [3.8, 4) is 0 Å². The molecule has 2 aromatic carbocycles. The molecule has 0 aliphatic heterocycles. The van der Waals surface area contributed by atoms with Gasteiger partial charge < -0.3 is 42.5 Å². The molecule has 0 saturated carbocycles. The average Bonchev–Trinajstić information content (AvgIpc) is 2.73. The monoisotopic (exact) mass is 454 g/mol. The van der Waals surface area contributed by atoms with Gasteiger partial charge in [0.2, 0.25) is 0 Å². The van der Waals surface area contributed by atoms with Gasteiger partial charge in [0.1, 0.15) is 10.5 Å². The van der Waals surface area contributed by atoms with Crippen molar-refractivity contribution >= 4 is 32.6 Å². The first-order chi connectivity index (χ1) is 14.8. The molecular formula is C20H30N4O6S. The molecule has 0 saturated heterocycles. The molecule has 10 N–H and O–H groups in total. The molecule has 10 nitrogen and oxygen atoms in total. The van der Waals surface area contributed by atoms with E-state index >= 15 is 0 Å². The third kappa shape index (κ3) is 5.77. The van der Waals surface area contributed by atoms with Crippen LogP contribution in [0.4, 0.5) is 22.7 Å². The topological polar surface area (TPSA) is 191 Å². The second-order valence-corrected chi connectivity index (χ2v) is 9.24. The molecule has 2 atom stereocenters. The van der Waals surface area contributed by atoms with E-state index in [-0.39, 0.29) is 37.4 Å². The third-order valence-corrected chi connectivity index (χ3v) is 7.22. The molecule has 0 amide bonds. The molecule has 0 aromatic heterocycles. The number of anilines is 4. The van der Waals surface area contributed by atoms with Crippen molar-refractivity contribution in [2.75, 3.05) is 61.6 Å². The number of nitrogens with one attached hydrogen (secondary N) is 2. The SMILES string of the molecule is Nc1ccc(NCCO)c(C(CO)S(=O)(=O)C(CO)c2cc(N)ccc2NCCO)c1. The van der Waals surface area contributed by atoms with E-state index in [4.69, 9.17) is 21.7 Å². The molecule has 0 bridgehead atoms. The van der Waals surface area contributed by atoms with Crippen LogP contribution in [-0.2, 0) is 9.84 Å². The fourth-order valence-corrected chi connectivity index (χ4v) is 5.27. The summed E-state index contributed by atoms with van der Waals surface area (Å²) >= 11 is 0. The predicted octanol–water partition coefficient (Wildman–Crippen LogP) is -0.159. The number of aliphatic hydroxyl groups excluding tert-OH is 4. The molecule has 2 unspecified atom stereocenters. The Morgan fingerprint density at radius 1 is 0.742 bits per heavy atom. The molecule has 2 aromatic rings. The Balaban J connectivity index is 2.58. The summed E-state index contributed by atoms with van der Waals surface area (Å²) < 4.78 is 27.2. The highest BCUT2D eigenvalue weighted by Gasteiger charge is 2.38. The zero-order valence-corrected chi connectivity index (χ0v) is 17.8. The second kappa shape index (κ2) is 11.2. The quantitative estimate of drug-likeness (QED) is 0.200. The first-order valence-electron chi connectivity index (χ1n) is 9.72. The maximum Gasteiger partial charge on any atom is 0.168 e. The van der Waals surface area contributed by atoms with Gasteiger partial charge in [-0.05, 0) is 47.5 Å². The highest BCUT2D eigenvalue weighted by atomic mass is 32.2. The van der Waals surface area contributed by atoms with Crippen molar-refractivity contribution < 1.29 is 28.8 Å². The first-order valence-corrected chi connectivity index (χ1v) is 11.3. The van der Waals surface area contributed by atoms with Crippen LogP contribution in [-0.4, -0.2) is 68.4 Å². The molecule has 0 radical (unpaired) electrons. The molecule has 11 heteroatoms. The van der Waals surface area contributed by atoms with Gasteiger partial charge >= 0.3 is 0 Å². The molecule has 0 aliphatic rings. The molecule has 0 fully saturated rings. The Labute approximate surface area is 181 Å². The van der Waals surface area contributed by atoms with Gasteiger partial charge in [0.05, 0.1) is 26.4 Å². The van der Waals surface area contributed by atoms with Gasteiger partial charge in [-0.15, -0.1) is 0 Å². The minimum atomic E-state index is -4.21. The van der Waals surface area contributed by atoms with E-state index in [9.17, 15) is 18.6 Å². The number of nitrogens with two attached hydrogens (primary N) is 2. The number of nitrogen functional groups attached to an aromatic ring is 2. The fraction of sp³-hybridized carbons (Fsp3) is 0.400. The zero-order valence-electron chi connectivity index (χ0n) is 17.0. The minimum absolute atomic E-state index is 0.170. The lowest BCUT2D eigenvalue weighted by molar-refractivity contribution is 0.279. The van der Waals surface area contributed by atoms with Crippen LogP contribution in [0.3, 0.4) is 0 Å². The summed E-state index contributed by atoms with van der Waals surface area (Å²) in [6.45, 7) is -1.52. The van der Waals surface area contributed by atoms with E-state index in [1.165, 1.54) is 12.1 Å². The Morgan fingerprint density at radius 3 is 1.45 bits per heavy atom. The van der Waals surface area contributed by atoms with Crippen LogP contribution >= 0.6 is 0 Å². The summed E-state index contributed by atoms with van der Waals surface area (Å²) in [7, 11) is -4.21. The lowest BCUT2D eigenvalue weighted by atomic mass is 10.1. The van der Waals surface area contributed by atoms with Crippen molar-refractivity contribution in [3.63, 3.8) is 0 Å². The number of benzene rings is 2. The molecule has 172 valence electrons.